The highest BCUT2D eigenvalue weighted by Crippen LogP contribution is 2.43. The molecule has 0 saturated heterocycles. The highest BCUT2D eigenvalue weighted by Gasteiger charge is 2.48. The van der Waals surface area contributed by atoms with Gasteiger partial charge in [0.1, 0.15) is 6.04 Å². The monoisotopic (exact) mass is 538 g/mol. The smallest absolute Gasteiger partial charge is 0.331 e. The predicted molar refractivity (Wildman–Crippen MR) is 155 cm³/mol. The second-order valence-corrected chi connectivity index (χ2v) is 13.1. The molecule has 3 rings (SSSR count). The van der Waals surface area contributed by atoms with Gasteiger partial charge < -0.3 is 19.9 Å². The normalized spacial score (nSPS) is 19.5. The molecular weight excluding hydrogens is 492 g/mol. The Morgan fingerprint density at radius 2 is 1.74 bits per heavy atom. The molecule has 1 aliphatic rings. The van der Waals surface area contributed by atoms with Crippen molar-refractivity contribution in [3.63, 3.8) is 0 Å². The molecule has 1 aromatic heterocycles. The Hall–Kier alpha value is -3.13. The molecule has 214 valence electrons. The maximum absolute atomic E-state index is 14.1. The van der Waals surface area contributed by atoms with Crippen molar-refractivity contribution in [2.75, 3.05) is 14.1 Å². The molecule has 39 heavy (non-hydrogen) atoms. The number of fused-ring (bicyclic) bond motifs is 3. The molecule has 0 spiro atoms. The highest BCUT2D eigenvalue weighted by molar-refractivity contribution is 5.94. The molecule has 2 heterocycles. The Morgan fingerprint density at radius 3 is 2.28 bits per heavy atom. The maximum atomic E-state index is 14.1. The van der Waals surface area contributed by atoms with E-state index in [1.54, 1.807) is 18.0 Å². The van der Waals surface area contributed by atoms with E-state index in [1.807, 2.05) is 53.8 Å². The molecule has 2 amide bonds. The van der Waals surface area contributed by atoms with Gasteiger partial charge in [-0.2, -0.15) is 0 Å². The van der Waals surface area contributed by atoms with Crippen molar-refractivity contribution < 1.29 is 19.5 Å². The number of carboxylic acids is 1. The van der Waals surface area contributed by atoms with E-state index < -0.39 is 34.9 Å². The van der Waals surface area contributed by atoms with Crippen molar-refractivity contribution in [1.82, 2.24) is 19.7 Å². The molecular formula is C31H46N4O4. The van der Waals surface area contributed by atoms with Gasteiger partial charge in [0.15, 0.2) is 0 Å². The van der Waals surface area contributed by atoms with Crippen LogP contribution in [0.1, 0.15) is 66.6 Å². The lowest BCUT2D eigenvalue weighted by Gasteiger charge is -2.45. The van der Waals surface area contributed by atoms with E-state index in [4.69, 9.17) is 0 Å². The Bertz CT molecular complexity index is 1300. The number of likely N-dealkylation sites (N-methyl/N-ethyl adjacent to an activating group) is 2. The summed E-state index contributed by atoms with van der Waals surface area (Å²) in [7, 11) is 5.71. The van der Waals surface area contributed by atoms with E-state index in [2.05, 4.69) is 47.8 Å². The molecule has 1 aliphatic heterocycles. The van der Waals surface area contributed by atoms with Gasteiger partial charge in [-0.25, -0.2) is 4.79 Å². The van der Waals surface area contributed by atoms with E-state index in [1.165, 1.54) is 18.2 Å². The fourth-order valence-electron chi connectivity index (χ4n) is 6.19. The first kappa shape index (κ1) is 30.4. The van der Waals surface area contributed by atoms with Crippen LogP contribution in [0.4, 0.5) is 0 Å². The number of aliphatic carboxylic acids is 1. The zero-order chi connectivity index (χ0) is 29.6. The summed E-state index contributed by atoms with van der Waals surface area (Å²) >= 11 is 0. The van der Waals surface area contributed by atoms with E-state index in [0.717, 1.165) is 10.9 Å². The standard InChI is InChI=1S/C31H46N4O4/c1-18(2)22(16-19(3)29(38)39)35(11)28(37)25(30(4,5)6)32-27(36)26-31(7,8)24-20-14-12-13-15-21(20)34(10)23(24)17-33(26)9/h12-16,18,22,25-26H,17H2,1-11H3,(H,32,36)(H,38,39)/b19-16+/t22?,25-,26?/m1/s1. The number of carbonyl (C=O) groups is 3. The van der Waals surface area contributed by atoms with Crippen molar-refractivity contribution in [2.45, 2.75) is 85.5 Å². The van der Waals surface area contributed by atoms with Crippen molar-refractivity contribution in [1.29, 1.82) is 0 Å². The molecule has 0 saturated carbocycles. The number of carboxylic acid groups (broad SMARTS) is 1. The molecule has 2 unspecified atom stereocenters. The lowest BCUT2D eigenvalue weighted by atomic mass is 9.72. The number of aryl methyl sites for hydroxylation is 1. The third-order valence-corrected chi connectivity index (χ3v) is 8.28. The van der Waals surface area contributed by atoms with Gasteiger partial charge in [-0.1, -0.05) is 72.7 Å². The number of amides is 2. The molecule has 1 aromatic carbocycles. The Morgan fingerprint density at radius 1 is 1.15 bits per heavy atom. The number of rotatable bonds is 7. The molecule has 2 N–H and O–H groups in total. The van der Waals surface area contributed by atoms with Crippen molar-refractivity contribution in [3.8, 4) is 0 Å². The van der Waals surface area contributed by atoms with Gasteiger partial charge in [0.25, 0.3) is 0 Å². The second-order valence-electron chi connectivity index (χ2n) is 13.1. The van der Waals surface area contributed by atoms with Crippen LogP contribution >= 0.6 is 0 Å². The number of para-hydroxylation sites is 1. The van der Waals surface area contributed by atoms with Crippen LogP contribution in [-0.2, 0) is 33.4 Å². The number of nitrogens with one attached hydrogen (secondary N) is 1. The van der Waals surface area contributed by atoms with Gasteiger partial charge >= 0.3 is 5.97 Å². The lowest BCUT2D eigenvalue weighted by molar-refractivity contribution is -0.142. The maximum Gasteiger partial charge on any atom is 0.331 e. The van der Waals surface area contributed by atoms with Crippen LogP contribution in [-0.4, -0.2) is 69.5 Å². The van der Waals surface area contributed by atoms with Gasteiger partial charge in [0.2, 0.25) is 11.8 Å². The summed E-state index contributed by atoms with van der Waals surface area (Å²) in [6.07, 6.45) is 1.62. The number of aromatic nitrogens is 1. The number of benzene rings is 1. The molecule has 0 aliphatic carbocycles. The van der Waals surface area contributed by atoms with E-state index in [0.29, 0.717) is 6.54 Å². The van der Waals surface area contributed by atoms with Crippen molar-refractivity contribution in [2.24, 2.45) is 18.4 Å². The summed E-state index contributed by atoms with van der Waals surface area (Å²) < 4.78 is 2.21. The molecule has 0 fully saturated rings. The van der Waals surface area contributed by atoms with E-state index in [-0.39, 0.29) is 23.3 Å². The van der Waals surface area contributed by atoms with Crippen molar-refractivity contribution in [3.05, 3.63) is 47.2 Å². The fourth-order valence-corrected chi connectivity index (χ4v) is 6.19. The molecule has 0 radical (unpaired) electrons. The average Bonchev–Trinajstić information content (AvgIpc) is 3.11. The topological polar surface area (TPSA) is 94.9 Å². The van der Waals surface area contributed by atoms with Crippen LogP contribution in [0.25, 0.3) is 10.9 Å². The van der Waals surface area contributed by atoms with Gasteiger partial charge in [-0.05, 0) is 36.9 Å². The Labute approximate surface area is 233 Å². The lowest BCUT2D eigenvalue weighted by Crippen LogP contribution is -2.63. The Kier molecular flexibility index (Phi) is 8.42. The van der Waals surface area contributed by atoms with Gasteiger partial charge in [-0.15, -0.1) is 0 Å². The molecule has 8 heteroatoms. The van der Waals surface area contributed by atoms with Crippen LogP contribution in [0.5, 0.6) is 0 Å². The van der Waals surface area contributed by atoms with Crippen LogP contribution < -0.4 is 5.32 Å². The number of nitrogens with zero attached hydrogens (tertiary/aromatic N) is 3. The van der Waals surface area contributed by atoms with Crippen molar-refractivity contribution >= 4 is 28.7 Å². The molecule has 3 atom stereocenters. The Balaban J connectivity index is 1.98. The van der Waals surface area contributed by atoms with Gasteiger partial charge in [0, 0.05) is 48.2 Å². The highest BCUT2D eigenvalue weighted by atomic mass is 16.4. The van der Waals surface area contributed by atoms with Crippen LogP contribution in [0.3, 0.4) is 0 Å². The van der Waals surface area contributed by atoms with Crippen LogP contribution in [0.15, 0.2) is 35.9 Å². The molecule has 2 aromatic rings. The summed E-state index contributed by atoms with van der Waals surface area (Å²) in [6, 6.07) is 6.56. The molecule has 0 bridgehead atoms. The summed E-state index contributed by atoms with van der Waals surface area (Å²) in [4.78, 5) is 43.2. The van der Waals surface area contributed by atoms with Crippen LogP contribution in [0, 0.1) is 11.3 Å². The first-order valence-corrected chi connectivity index (χ1v) is 13.7. The second kappa shape index (κ2) is 10.8. The number of carbonyl (C=O) groups excluding carboxylic acids is 2. The fraction of sp³-hybridized carbons (Fsp3) is 0.581. The summed E-state index contributed by atoms with van der Waals surface area (Å²) in [6.45, 7) is 16.1. The average molecular weight is 539 g/mol. The summed E-state index contributed by atoms with van der Waals surface area (Å²) in [5.74, 6) is -1.47. The number of hydrogen-bond acceptors (Lipinski definition) is 4. The van der Waals surface area contributed by atoms with Crippen LogP contribution in [0.2, 0.25) is 0 Å². The minimum Gasteiger partial charge on any atom is -0.478 e. The molecule has 8 nitrogen and oxygen atoms in total. The third kappa shape index (κ3) is 5.62. The first-order valence-electron chi connectivity index (χ1n) is 13.7. The SMILES string of the molecule is C/C(=C\C(C(C)C)N(C)C(=O)[C@@H](NC(=O)C1N(C)Cc2c(c3ccccc3n2C)C1(C)C)C(C)(C)C)C(=O)O. The predicted octanol–water partition coefficient (Wildman–Crippen LogP) is 4.31. The van der Waals surface area contributed by atoms with Gasteiger partial charge in [0.05, 0.1) is 12.1 Å². The summed E-state index contributed by atoms with van der Waals surface area (Å²) in [5.41, 5.74) is 2.59. The largest absolute Gasteiger partial charge is 0.478 e. The quantitative estimate of drug-likeness (QED) is 0.512. The third-order valence-electron chi connectivity index (χ3n) is 8.28. The van der Waals surface area contributed by atoms with Gasteiger partial charge in [-0.3, -0.25) is 14.5 Å². The van der Waals surface area contributed by atoms with E-state index in [9.17, 15) is 19.5 Å². The summed E-state index contributed by atoms with van der Waals surface area (Å²) in [5, 5.41) is 13.7. The first-order chi connectivity index (χ1) is 17.9. The number of hydrogen-bond donors (Lipinski definition) is 2. The minimum atomic E-state index is -1.02. The minimum absolute atomic E-state index is 0.0160. The van der Waals surface area contributed by atoms with E-state index >= 15 is 0 Å². The zero-order valence-electron chi connectivity index (χ0n) is 25.4. The zero-order valence-corrected chi connectivity index (χ0v) is 25.4.